The zero-order valence-electron chi connectivity index (χ0n) is 38.0. The first-order valence-corrected chi connectivity index (χ1v) is 25.1. The van der Waals surface area contributed by atoms with Gasteiger partial charge in [-0.15, -0.1) is 0 Å². The van der Waals surface area contributed by atoms with E-state index in [0.717, 1.165) is 82.9 Å². The third-order valence-corrected chi connectivity index (χ3v) is 11.8. The Morgan fingerprint density at radius 3 is 1.59 bits per heavy atom. The molecule has 17 nitrogen and oxygen atoms in total. The van der Waals surface area contributed by atoms with Gasteiger partial charge in [-0.1, -0.05) is 103 Å². The van der Waals surface area contributed by atoms with Crippen LogP contribution in [0.3, 0.4) is 0 Å². The maximum absolute atomic E-state index is 13.1. The molecule has 1 aromatic carbocycles. The number of Topliss-reactive ketones (excluding diaryl/α,β-unsaturated/α-hetero) is 1. The fraction of sp³-hybridized carbons (Fsp3) is 0.717. The number of rotatable bonds is 41. The fourth-order valence-electron chi connectivity index (χ4n) is 7.21. The first kappa shape index (κ1) is 57.4. The Hall–Kier alpha value is -4.58. The number of unbranched alkanes of at least 4 members (excludes halogenated alkanes) is 17. The van der Waals surface area contributed by atoms with Crippen molar-refractivity contribution < 1.29 is 56.7 Å². The Morgan fingerprint density at radius 1 is 0.609 bits per heavy atom. The van der Waals surface area contributed by atoms with Crippen LogP contribution in [0.5, 0.6) is 0 Å². The van der Waals surface area contributed by atoms with Gasteiger partial charge in [-0.25, -0.2) is 0 Å². The predicted octanol–water partition coefficient (Wildman–Crippen LogP) is 6.69. The second kappa shape index (κ2) is 34.8. The lowest BCUT2D eigenvalue weighted by atomic mass is 9.94. The Kier molecular flexibility index (Phi) is 31.2. The number of ketones is 1. The minimum Gasteiger partial charge on any atom is -0.481 e. The minimum absolute atomic E-state index is 0.0154. The summed E-state index contributed by atoms with van der Waals surface area (Å²) in [7, 11) is -4.73. The highest BCUT2D eigenvalue weighted by molar-refractivity contribution is 7.85. The van der Waals surface area contributed by atoms with Gasteiger partial charge in [-0.3, -0.25) is 38.1 Å². The van der Waals surface area contributed by atoms with Crippen molar-refractivity contribution in [1.82, 2.24) is 16.0 Å². The Balaban J connectivity index is 2.39. The molecule has 0 aliphatic heterocycles. The van der Waals surface area contributed by atoms with E-state index >= 15 is 0 Å². The molecule has 0 aliphatic carbocycles. The van der Waals surface area contributed by atoms with Gasteiger partial charge in [-0.2, -0.15) is 8.42 Å². The highest BCUT2D eigenvalue weighted by Gasteiger charge is 2.31. The summed E-state index contributed by atoms with van der Waals surface area (Å²) in [5.41, 5.74) is 6.91. The van der Waals surface area contributed by atoms with E-state index in [1.54, 1.807) is 12.1 Å². The maximum atomic E-state index is 13.1. The third kappa shape index (κ3) is 30.5. The summed E-state index contributed by atoms with van der Waals surface area (Å²) < 4.78 is 32.9. The summed E-state index contributed by atoms with van der Waals surface area (Å²) in [5, 5.41) is 29.4. The molecule has 0 spiro atoms. The van der Waals surface area contributed by atoms with Gasteiger partial charge in [0.2, 0.25) is 17.7 Å². The first-order valence-electron chi connectivity index (χ1n) is 23.4. The first-order chi connectivity index (χ1) is 30.5. The van der Waals surface area contributed by atoms with Crippen LogP contribution >= 0.6 is 0 Å². The Bertz CT molecular complexity index is 1660. The quantitative estimate of drug-likeness (QED) is 0.0251. The summed E-state index contributed by atoms with van der Waals surface area (Å²) >= 11 is 0. The van der Waals surface area contributed by atoms with Crippen molar-refractivity contribution in [2.75, 3.05) is 24.2 Å². The zero-order chi connectivity index (χ0) is 47.6. The summed E-state index contributed by atoms with van der Waals surface area (Å²) in [6.45, 7) is 3.26. The molecule has 0 saturated carbocycles. The van der Waals surface area contributed by atoms with Crippen molar-refractivity contribution in [3.05, 3.63) is 29.8 Å². The predicted molar refractivity (Wildman–Crippen MR) is 246 cm³/mol. The van der Waals surface area contributed by atoms with Crippen molar-refractivity contribution in [3.8, 4) is 0 Å². The van der Waals surface area contributed by atoms with Crippen LogP contribution in [-0.4, -0.2) is 95.5 Å². The average Bonchev–Trinajstić information content (AvgIpc) is 3.23. The average molecular weight is 924 g/mol. The van der Waals surface area contributed by atoms with E-state index in [-0.39, 0.29) is 31.6 Å². The lowest BCUT2D eigenvalue weighted by Crippen LogP contribution is -2.46. The molecule has 64 heavy (non-hydrogen) atoms. The van der Waals surface area contributed by atoms with Crippen molar-refractivity contribution >= 4 is 57.2 Å². The molecule has 0 heterocycles. The second-order valence-electron chi connectivity index (χ2n) is 16.8. The van der Waals surface area contributed by atoms with Crippen LogP contribution in [0.25, 0.3) is 0 Å². The molecule has 3 atom stereocenters. The van der Waals surface area contributed by atoms with Gasteiger partial charge in [0.25, 0.3) is 16.0 Å². The van der Waals surface area contributed by atoms with Crippen LogP contribution in [0.15, 0.2) is 24.3 Å². The monoisotopic (exact) mass is 924 g/mol. The molecule has 1 aromatic rings. The number of carbonyl (C=O) groups excluding carboxylic acids is 5. The summed E-state index contributed by atoms with van der Waals surface area (Å²) in [6.07, 6.45) is 18.6. The van der Waals surface area contributed by atoms with E-state index in [1.807, 2.05) is 12.1 Å². The molecule has 0 bridgehead atoms. The van der Waals surface area contributed by atoms with Crippen LogP contribution in [0.4, 0.5) is 5.69 Å². The second-order valence-corrected chi connectivity index (χ2v) is 18.3. The number of carbonyl (C=O) groups is 7. The number of benzene rings is 1. The van der Waals surface area contributed by atoms with Crippen molar-refractivity contribution in [3.63, 3.8) is 0 Å². The Labute approximate surface area is 380 Å². The molecule has 4 amide bonds. The molecule has 1 rings (SSSR count). The van der Waals surface area contributed by atoms with E-state index in [0.29, 0.717) is 31.4 Å². The molecule has 0 fully saturated rings. The number of carboxylic acid groups (broad SMARTS) is 2. The van der Waals surface area contributed by atoms with Crippen LogP contribution < -0.4 is 27.0 Å². The van der Waals surface area contributed by atoms with Crippen LogP contribution in [0.1, 0.15) is 184 Å². The van der Waals surface area contributed by atoms with Gasteiger partial charge in [0, 0.05) is 50.0 Å². The maximum Gasteiger partial charge on any atom is 0.306 e. The minimum atomic E-state index is -4.73. The Morgan fingerprint density at radius 2 is 1.11 bits per heavy atom. The highest BCUT2D eigenvalue weighted by Crippen LogP contribution is 2.17. The molecule has 0 aliphatic rings. The van der Waals surface area contributed by atoms with Crippen LogP contribution in [0, 0.1) is 5.92 Å². The van der Waals surface area contributed by atoms with Crippen LogP contribution in [-0.2, 0) is 38.9 Å². The topological polar surface area (TPSA) is 288 Å². The normalized spacial score (nSPS) is 12.7. The van der Waals surface area contributed by atoms with E-state index in [1.165, 1.54) is 38.5 Å². The number of hydrogen-bond donors (Lipinski definition) is 8. The smallest absolute Gasteiger partial charge is 0.306 e. The highest BCUT2D eigenvalue weighted by atomic mass is 32.2. The molecular formula is C46H77N5O12S. The van der Waals surface area contributed by atoms with Gasteiger partial charge in [0.1, 0.15) is 17.8 Å². The van der Waals surface area contributed by atoms with Gasteiger partial charge < -0.3 is 37.2 Å². The van der Waals surface area contributed by atoms with Crippen LogP contribution in [0.2, 0.25) is 0 Å². The van der Waals surface area contributed by atoms with E-state index < -0.39 is 82.2 Å². The van der Waals surface area contributed by atoms with Gasteiger partial charge >= 0.3 is 11.9 Å². The molecule has 9 N–H and O–H groups in total. The zero-order valence-corrected chi connectivity index (χ0v) is 38.9. The third-order valence-electron chi connectivity index (χ3n) is 11.1. The number of carboxylic acids is 2. The van der Waals surface area contributed by atoms with E-state index in [2.05, 4.69) is 28.2 Å². The molecular weight excluding hydrogens is 847 g/mol. The molecule has 0 unspecified atom stereocenters. The largest absolute Gasteiger partial charge is 0.481 e. The summed E-state index contributed by atoms with van der Waals surface area (Å²) in [6, 6.07) is 4.37. The SMILES string of the molecule is CCCCNc1ccc(C(=O)NCCCC[C@H](NC(=O)CC[C@H](CC(=O)[C@H](CS(=O)(=O)O)NC(=O)CCCCCCCCCCCCCCCCCCC(=O)O)C(=O)O)C(N)=O)cc1. The molecule has 0 radical (unpaired) electrons. The summed E-state index contributed by atoms with van der Waals surface area (Å²) in [4.78, 5) is 85.7. The van der Waals surface area contributed by atoms with E-state index in [9.17, 15) is 51.6 Å². The number of hydrogen-bond acceptors (Lipinski definition) is 10. The number of amides is 4. The number of aliphatic carboxylic acids is 2. The fourth-order valence-corrected chi connectivity index (χ4v) is 7.90. The van der Waals surface area contributed by atoms with Gasteiger partial charge in [-0.05, 0) is 69.2 Å². The molecule has 364 valence electrons. The number of anilines is 1. The molecule has 18 heteroatoms. The summed E-state index contributed by atoms with van der Waals surface area (Å²) in [5.74, 6) is -7.99. The number of nitrogens with two attached hydrogens (primary N) is 1. The van der Waals surface area contributed by atoms with Crippen molar-refractivity contribution in [2.24, 2.45) is 11.7 Å². The van der Waals surface area contributed by atoms with Gasteiger partial charge in [0.05, 0.1) is 5.92 Å². The van der Waals surface area contributed by atoms with Crippen molar-refractivity contribution in [1.29, 1.82) is 0 Å². The van der Waals surface area contributed by atoms with Gasteiger partial charge in [0.15, 0.2) is 5.78 Å². The van der Waals surface area contributed by atoms with Crippen molar-refractivity contribution in [2.45, 2.75) is 186 Å². The molecule has 0 aromatic heterocycles. The molecule has 0 saturated heterocycles. The number of primary amides is 1. The lowest BCUT2D eigenvalue weighted by Gasteiger charge is -2.19. The lowest BCUT2D eigenvalue weighted by molar-refractivity contribution is -0.144. The standard InChI is InChI=1S/C46H77N5O12S/c1-2-3-31-48-37-28-25-35(26-29-37)45(58)49-32-21-20-22-38(44(47)57)50-42(54)30-27-36(46(59)60)33-40(52)39(34-64(61,62)63)51-41(53)23-18-16-14-12-10-8-6-4-5-7-9-11-13-15-17-19-24-43(55)56/h25-26,28-29,36,38-39,48H,2-24,27,30-34H2,1H3,(H2,47,57)(H,49,58)(H,50,54)(H,51,53)(H,55,56)(H,59,60)(H,61,62,63)/t36-,38+,39+/m1/s1. The van der Waals surface area contributed by atoms with E-state index in [4.69, 9.17) is 10.8 Å². The number of nitrogens with one attached hydrogen (secondary N) is 4.